The Morgan fingerprint density at radius 3 is 2.62 bits per heavy atom. The van der Waals surface area contributed by atoms with Crippen molar-refractivity contribution in [2.45, 2.75) is 57.2 Å². The molecule has 1 unspecified atom stereocenters. The normalized spacial score (nSPS) is 21.1. The number of carbonyl (C=O) groups excluding carboxylic acids is 1. The molecule has 1 saturated heterocycles. The van der Waals surface area contributed by atoms with Gasteiger partial charge in [-0.05, 0) is 91.8 Å². The number of amides is 1. The third-order valence-electron chi connectivity index (χ3n) is 10.4. The third kappa shape index (κ3) is 5.03. The first kappa shape index (κ1) is 28.1. The van der Waals surface area contributed by atoms with E-state index in [2.05, 4.69) is 75.9 Å². The van der Waals surface area contributed by atoms with Gasteiger partial charge in [-0.3, -0.25) is 4.79 Å². The molecule has 3 atom stereocenters. The number of rotatable bonds is 9. The van der Waals surface area contributed by atoms with E-state index in [0.717, 1.165) is 61.3 Å². The first-order chi connectivity index (χ1) is 22.0. The number of piperidine rings is 1. The maximum absolute atomic E-state index is 13.7. The Morgan fingerprint density at radius 2 is 1.89 bits per heavy atom. The molecule has 1 aliphatic heterocycles. The van der Waals surface area contributed by atoms with E-state index in [0.29, 0.717) is 23.1 Å². The van der Waals surface area contributed by atoms with Crippen molar-refractivity contribution in [3.8, 4) is 17.3 Å². The number of aromatic nitrogens is 3. The van der Waals surface area contributed by atoms with Crippen molar-refractivity contribution < 1.29 is 9.53 Å². The highest BCUT2D eigenvalue weighted by Gasteiger charge is 2.47. The van der Waals surface area contributed by atoms with Crippen LogP contribution in [-0.4, -0.2) is 50.7 Å². The van der Waals surface area contributed by atoms with Gasteiger partial charge in [-0.15, -0.1) is 0 Å². The zero-order chi connectivity index (χ0) is 30.7. The van der Waals surface area contributed by atoms with Crippen LogP contribution < -0.4 is 10.5 Å². The van der Waals surface area contributed by atoms with Crippen LogP contribution in [0.5, 0.6) is 5.75 Å². The van der Waals surface area contributed by atoms with Crippen molar-refractivity contribution >= 4 is 33.9 Å². The van der Waals surface area contributed by atoms with E-state index in [1.807, 2.05) is 24.1 Å². The molecule has 2 aromatic heterocycles. The van der Waals surface area contributed by atoms with Gasteiger partial charge in [0.25, 0.3) is 5.91 Å². The van der Waals surface area contributed by atoms with Crippen LogP contribution in [0.15, 0.2) is 72.8 Å². The van der Waals surface area contributed by atoms with Gasteiger partial charge >= 0.3 is 0 Å². The highest BCUT2D eigenvalue weighted by atomic mass is 16.5. The minimum atomic E-state index is 0.0252. The third-order valence-corrected chi connectivity index (χ3v) is 10.4. The molecule has 230 valence electrons. The predicted molar refractivity (Wildman–Crippen MR) is 180 cm³/mol. The van der Waals surface area contributed by atoms with E-state index in [1.54, 1.807) is 7.11 Å². The molecule has 5 aromatic rings. The summed E-state index contributed by atoms with van der Waals surface area (Å²) in [5.41, 5.74) is 13.6. The smallest absolute Gasteiger partial charge is 0.254 e. The summed E-state index contributed by atoms with van der Waals surface area (Å²) in [5.74, 6) is 2.68. The van der Waals surface area contributed by atoms with Gasteiger partial charge < -0.3 is 24.5 Å². The molecule has 0 spiro atoms. The van der Waals surface area contributed by atoms with Gasteiger partial charge in [-0.25, -0.2) is 4.98 Å². The SMILES string of the molecule is COc1cc(C(=O)N2C[C@H]3CCC2[C@H]3N)cc2nc(-c3cc4cc(/C=C/CCc5ccccc5)ccc4n3CC3CC3)n(C)c12. The van der Waals surface area contributed by atoms with E-state index in [4.69, 9.17) is 15.5 Å². The fourth-order valence-electron chi connectivity index (χ4n) is 7.71. The molecular formula is C38H41N5O2. The molecule has 45 heavy (non-hydrogen) atoms. The highest BCUT2D eigenvalue weighted by molar-refractivity contribution is 6.00. The number of nitrogens with zero attached hydrogens (tertiary/aromatic N) is 4. The van der Waals surface area contributed by atoms with Gasteiger partial charge in [0.1, 0.15) is 11.3 Å². The number of ether oxygens (including phenoxy) is 1. The Balaban J connectivity index is 1.14. The van der Waals surface area contributed by atoms with E-state index in [-0.39, 0.29) is 18.0 Å². The second-order valence-electron chi connectivity index (χ2n) is 13.3. The van der Waals surface area contributed by atoms with Crippen molar-refractivity contribution in [2.24, 2.45) is 24.6 Å². The molecule has 3 aromatic carbocycles. The Labute approximate surface area is 264 Å². The van der Waals surface area contributed by atoms with Gasteiger partial charge in [0, 0.05) is 48.7 Å². The summed E-state index contributed by atoms with van der Waals surface area (Å²) < 4.78 is 10.4. The summed E-state index contributed by atoms with van der Waals surface area (Å²) >= 11 is 0. The molecular weight excluding hydrogens is 558 g/mol. The quantitative estimate of drug-likeness (QED) is 0.202. The first-order valence-corrected chi connectivity index (χ1v) is 16.4. The lowest BCUT2D eigenvalue weighted by Crippen LogP contribution is -2.41. The molecule has 3 aliphatic rings. The van der Waals surface area contributed by atoms with Crippen LogP contribution in [-0.2, 0) is 20.0 Å². The van der Waals surface area contributed by atoms with E-state index in [9.17, 15) is 4.79 Å². The second-order valence-corrected chi connectivity index (χ2v) is 13.3. The van der Waals surface area contributed by atoms with Crippen LogP contribution in [0.25, 0.3) is 39.5 Å². The number of nitrogens with two attached hydrogens (primary N) is 1. The zero-order valence-corrected chi connectivity index (χ0v) is 26.2. The van der Waals surface area contributed by atoms with Crippen molar-refractivity contribution in [1.29, 1.82) is 0 Å². The molecule has 7 nitrogen and oxygen atoms in total. The predicted octanol–water partition coefficient (Wildman–Crippen LogP) is 6.82. The lowest BCUT2D eigenvalue weighted by molar-refractivity contribution is 0.0700. The highest BCUT2D eigenvalue weighted by Crippen LogP contribution is 2.40. The van der Waals surface area contributed by atoms with Crippen LogP contribution >= 0.6 is 0 Å². The van der Waals surface area contributed by atoms with Crippen LogP contribution in [0, 0.1) is 11.8 Å². The molecule has 0 radical (unpaired) electrons. The van der Waals surface area contributed by atoms with Gasteiger partial charge in [0.2, 0.25) is 0 Å². The maximum Gasteiger partial charge on any atom is 0.254 e. The average molecular weight is 600 g/mol. The van der Waals surface area contributed by atoms with Gasteiger partial charge in [0.15, 0.2) is 5.82 Å². The van der Waals surface area contributed by atoms with Gasteiger partial charge in [-0.1, -0.05) is 48.6 Å². The molecule has 2 N–H and O–H groups in total. The number of likely N-dealkylation sites (tertiary alicyclic amines) is 1. The number of benzene rings is 3. The molecule has 7 heteroatoms. The summed E-state index contributed by atoms with van der Waals surface area (Å²) in [4.78, 5) is 20.9. The summed E-state index contributed by atoms with van der Waals surface area (Å²) in [6.45, 7) is 1.72. The average Bonchev–Trinajstić information content (AvgIpc) is 3.47. The van der Waals surface area contributed by atoms with Crippen molar-refractivity contribution in [1.82, 2.24) is 19.0 Å². The standard InChI is InChI=1S/C38H41N5O2/c1-41-36-30(19-29(21-34(36)45-2)38(44)43-23-27-15-17-32(43)35(27)39)40-37(41)33-20-28-18-25(11-7-6-10-24-8-4-3-5-9-24)14-16-31(28)42(33)22-26-12-13-26/h3-5,7-9,11,14,16,18-21,26-27,32,35H,6,10,12-13,15,17,22-23,39H2,1-2H3/b11-7+/t27-,32?,35+/m1/s1. The Kier molecular flexibility index (Phi) is 7.01. The fourth-order valence-corrected chi connectivity index (χ4v) is 7.71. The van der Waals surface area contributed by atoms with Crippen molar-refractivity contribution in [3.05, 3.63) is 89.5 Å². The monoisotopic (exact) mass is 599 g/mol. The number of allylic oxidation sites excluding steroid dienone is 1. The summed E-state index contributed by atoms with van der Waals surface area (Å²) in [5, 5.41) is 1.21. The van der Waals surface area contributed by atoms with Gasteiger partial charge in [0.05, 0.1) is 18.3 Å². The fraction of sp³-hybridized carbons (Fsp3) is 0.368. The van der Waals surface area contributed by atoms with Crippen molar-refractivity contribution in [3.63, 3.8) is 0 Å². The summed E-state index contributed by atoms with van der Waals surface area (Å²) in [6, 6.07) is 23.7. The number of carbonyl (C=O) groups is 1. The summed E-state index contributed by atoms with van der Waals surface area (Å²) in [6.07, 6.45) is 11.2. The number of imidazole rings is 1. The number of aryl methyl sites for hydroxylation is 2. The molecule has 2 saturated carbocycles. The summed E-state index contributed by atoms with van der Waals surface area (Å²) in [7, 11) is 3.72. The molecule has 3 heterocycles. The van der Waals surface area contributed by atoms with E-state index < -0.39 is 0 Å². The Morgan fingerprint density at radius 1 is 1.04 bits per heavy atom. The number of hydrogen-bond acceptors (Lipinski definition) is 4. The molecule has 1 amide bonds. The minimum absolute atomic E-state index is 0.0252. The number of methoxy groups -OCH3 is 1. The Hall–Kier alpha value is -4.36. The van der Waals surface area contributed by atoms with Crippen LogP contribution in [0.4, 0.5) is 0 Å². The molecule has 8 rings (SSSR count). The molecule has 2 bridgehead atoms. The van der Waals surface area contributed by atoms with Crippen LogP contribution in [0.3, 0.4) is 0 Å². The first-order valence-electron chi connectivity index (χ1n) is 16.4. The topological polar surface area (TPSA) is 78.3 Å². The van der Waals surface area contributed by atoms with E-state index in [1.165, 1.54) is 34.9 Å². The zero-order valence-electron chi connectivity index (χ0n) is 26.2. The largest absolute Gasteiger partial charge is 0.494 e. The lowest BCUT2D eigenvalue weighted by Gasteiger charge is -2.27. The minimum Gasteiger partial charge on any atom is -0.494 e. The van der Waals surface area contributed by atoms with E-state index >= 15 is 0 Å². The van der Waals surface area contributed by atoms with Gasteiger partial charge in [-0.2, -0.15) is 0 Å². The number of fused-ring (bicyclic) bond motifs is 4. The molecule has 2 aliphatic carbocycles. The molecule has 3 fully saturated rings. The lowest BCUT2D eigenvalue weighted by atomic mass is 10.1. The van der Waals surface area contributed by atoms with Crippen molar-refractivity contribution in [2.75, 3.05) is 13.7 Å². The number of hydrogen-bond donors (Lipinski definition) is 1. The Bertz CT molecular complexity index is 1930. The maximum atomic E-state index is 13.7. The second kappa shape index (κ2) is 11.2. The van der Waals surface area contributed by atoms with Crippen LogP contribution in [0.1, 0.15) is 53.6 Å². The van der Waals surface area contributed by atoms with Crippen LogP contribution in [0.2, 0.25) is 0 Å².